The maximum atomic E-state index is 3.53. The number of nitrogens with zero attached hydrogens (tertiary/aromatic N) is 1. The van der Waals surface area contributed by atoms with Gasteiger partial charge in [-0.3, -0.25) is 4.90 Å². The van der Waals surface area contributed by atoms with E-state index in [-0.39, 0.29) is 0 Å². The largest absolute Gasteiger partial charge is 0.315 e. The molecule has 0 aromatic carbocycles. The summed E-state index contributed by atoms with van der Waals surface area (Å²) in [7, 11) is 2.14. The Hall–Kier alpha value is -0.0800. The van der Waals surface area contributed by atoms with Gasteiger partial charge in [-0.25, -0.2) is 0 Å². The first kappa shape index (κ1) is 10.4. The summed E-state index contributed by atoms with van der Waals surface area (Å²) in [6.07, 6.45) is 9.97. The smallest absolute Gasteiger partial charge is 0.0249 e. The highest BCUT2D eigenvalue weighted by atomic mass is 15.2. The monoisotopic (exact) mass is 196 g/mol. The highest BCUT2D eigenvalue weighted by Crippen LogP contribution is 2.25. The van der Waals surface area contributed by atoms with E-state index in [1.165, 1.54) is 58.0 Å². The van der Waals surface area contributed by atoms with E-state index in [1.54, 1.807) is 0 Å². The number of likely N-dealkylation sites (N-methyl/N-ethyl adjacent to an activating group) is 1. The molecule has 14 heavy (non-hydrogen) atoms. The Balaban J connectivity index is 1.96. The lowest BCUT2D eigenvalue weighted by Gasteiger charge is -2.33. The average Bonchev–Trinajstić information content (AvgIpc) is 2.63. The molecule has 1 aliphatic heterocycles. The summed E-state index contributed by atoms with van der Waals surface area (Å²) < 4.78 is 0. The van der Waals surface area contributed by atoms with Gasteiger partial charge in [-0.15, -0.1) is 0 Å². The van der Waals surface area contributed by atoms with Crippen molar-refractivity contribution in [1.29, 1.82) is 0 Å². The lowest BCUT2D eigenvalue weighted by atomic mass is 10.0. The first-order chi connectivity index (χ1) is 6.92. The van der Waals surface area contributed by atoms with E-state index in [1.807, 2.05) is 0 Å². The molecular weight excluding hydrogens is 172 g/mol. The highest BCUT2D eigenvalue weighted by molar-refractivity contribution is 4.87. The maximum absolute atomic E-state index is 3.53. The Morgan fingerprint density at radius 2 is 1.64 bits per heavy atom. The summed E-state index contributed by atoms with van der Waals surface area (Å²) >= 11 is 0. The van der Waals surface area contributed by atoms with Crippen LogP contribution in [-0.2, 0) is 0 Å². The SMILES string of the molecule is CN[C@@H]1CCCCC[C@@H]1N1CCCC1. The van der Waals surface area contributed by atoms with E-state index in [9.17, 15) is 0 Å². The number of hydrogen-bond donors (Lipinski definition) is 1. The number of hydrogen-bond acceptors (Lipinski definition) is 2. The molecule has 82 valence electrons. The zero-order chi connectivity index (χ0) is 9.80. The van der Waals surface area contributed by atoms with Crippen LogP contribution in [-0.4, -0.2) is 37.1 Å². The fraction of sp³-hybridized carbons (Fsp3) is 1.00. The highest BCUT2D eigenvalue weighted by Gasteiger charge is 2.29. The first-order valence-electron chi connectivity index (χ1n) is 6.33. The van der Waals surface area contributed by atoms with Crippen molar-refractivity contribution in [3.05, 3.63) is 0 Å². The third kappa shape index (κ3) is 2.29. The van der Waals surface area contributed by atoms with Gasteiger partial charge >= 0.3 is 0 Å². The standard InChI is InChI=1S/C12H24N2/c1-13-11-7-3-2-4-8-12(11)14-9-5-6-10-14/h11-13H,2-10H2,1H3/t11-,12+/m1/s1. The van der Waals surface area contributed by atoms with E-state index in [0.29, 0.717) is 0 Å². The van der Waals surface area contributed by atoms with Gasteiger partial charge in [-0.2, -0.15) is 0 Å². The molecule has 2 atom stereocenters. The molecule has 2 heteroatoms. The Morgan fingerprint density at radius 1 is 0.929 bits per heavy atom. The van der Waals surface area contributed by atoms with Crippen molar-refractivity contribution in [2.24, 2.45) is 0 Å². The molecule has 1 N–H and O–H groups in total. The summed E-state index contributed by atoms with van der Waals surface area (Å²) in [4.78, 5) is 2.73. The predicted octanol–water partition coefficient (Wildman–Crippen LogP) is 2.00. The van der Waals surface area contributed by atoms with E-state index >= 15 is 0 Å². The van der Waals surface area contributed by atoms with Crippen molar-refractivity contribution in [3.8, 4) is 0 Å². The van der Waals surface area contributed by atoms with Gasteiger partial charge in [0.25, 0.3) is 0 Å². The van der Waals surface area contributed by atoms with Gasteiger partial charge in [-0.1, -0.05) is 19.3 Å². The Labute approximate surface area is 88.1 Å². The lowest BCUT2D eigenvalue weighted by Crippen LogP contribution is -2.47. The van der Waals surface area contributed by atoms with Crippen LogP contribution >= 0.6 is 0 Å². The molecule has 1 saturated heterocycles. The lowest BCUT2D eigenvalue weighted by molar-refractivity contribution is 0.186. The minimum absolute atomic E-state index is 0.760. The van der Waals surface area contributed by atoms with E-state index in [0.717, 1.165) is 12.1 Å². The molecule has 0 unspecified atom stereocenters. The van der Waals surface area contributed by atoms with E-state index in [4.69, 9.17) is 0 Å². The number of likely N-dealkylation sites (tertiary alicyclic amines) is 1. The average molecular weight is 196 g/mol. The second-order valence-electron chi connectivity index (χ2n) is 4.84. The molecule has 0 aromatic rings. The second kappa shape index (κ2) is 5.13. The normalized spacial score (nSPS) is 35.8. The summed E-state index contributed by atoms with van der Waals surface area (Å²) in [5.74, 6) is 0. The molecule has 1 heterocycles. The van der Waals surface area contributed by atoms with Gasteiger partial charge < -0.3 is 5.32 Å². The van der Waals surface area contributed by atoms with Crippen LogP contribution in [0.5, 0.6) is 0 Å². The molecular formula is C12H24N2. The fourth-order valence-corrected chi connectivity index (χ4v) is 3.14. The zero-order valence-electron chi connectivity index (χ0n) is 9.47. The Morgan fingerprint density at radius 3 is 2.36 bits per heavy atom. The van der Waals surface area contributed by atoms with Crippen molar-refractivity contribution < 1.29 is 0 Å². The van der Waals surface area contributed by atoms with Crippen LogP contribution in [0.1, 0.15) is 44.9 Å². The molecule has 0 aromatic heterocycles. The molecule has 0 spiro atoms. The molecule has 0 amide bonds. The van der Waals surface area contributed by atoms with Crippen LogP contribution in [0, 0.1) is 0 Å². The van der Waals surface area contributed by atoms with E-state index < -0.39 is 0 Å². The van der Waals surface area contributed by atoms with Crippen LogP contribution in [0.4, 0.5) is 0 Å². The quantitative estimate of drug-likeness (QED) is 0.680. The molecule has 2 nitrogen and oxygen atoms in total. The third-order valence-electron chi connectivity index (χ3n) is 3.96. The van der Waals surface area contributed by atoms with Crippen LogP contribution in [0.25, 0.3) is 0 Å². The summed E-state index contributed by atoms with van der Waals surface area (Å²) in [6, 6.07) is 1.60. The Bertz CT molecular complexity index is 164. The summed E-state index contributed by atoms with van der Waals surface area (Å²) in [5, 5.41) is 3.53. The maximum Gasteiger partial charge on any atom is 0.0249 e. The Kier molecular flexibility index (Phi) is 3.82. The van der Waals surface area contributed by atoms with Crippen molar-refractivity contribution in [3.63, 3.8) is 0 Å². The van der Waals surface area contributed by atoms with Gasteiger partial charge in [-0.05, 0) is 45.8 Å². The van der Waals surface area contributed by atoms with Crippen molar-refractivity contribution >= 4 is 0 Å². The molecule has 0 radical (unpaired) electrons. The van der Waals surface area contributed by atoms with E-state index in [2.05, 4.69) is 17.3 Å². The second-order valence-corrected chi connectivity index (χ2v) is 4.84. The topological polar surface area (TPSA) is 15.3 Å². The molecule has 2 rings (SSSR count). The van der Waals surface area contributed by atoms with Crippen LogP contribution in [0.3, 0.4) is 0 Å². The minimum Gasteiger partial charge on any atom is -0.315 e. The van der Waals surface area contributed by atoms with Gasteiger partial charge in [0.2, 0.25) is 0 Å². The first-order valence-corrected chi connectivity index (χ1v) is 6.33. The van der Waals surface area contributed by atoms with Crippen molar-refractivity contribution in [2.45, 2.75) is 57.0 Å². The molecule has 0 bridgehead atoms. The van der Waals surface area contributed by atoms with Crippen molar-refractivity contribution in [2.75, 3.05) is 20.1 Å². The third-order valence-corrected chi connectivity index (χ3v) is 3.96. The summed E-state index contributed by atoms with van der Waals surface area (Å²) in [6.45, 7) is 2.70. The molecule has 2 aliphatic rings. The van der Waals surface area contributed by atoms with Gasteiger partial charge in [0.1, 0.15) is 0 Å². The van der Waals surface area contributed by atoms with Crippen LogP contribution in [0.2, 0.25) is 0 Å². The molecule has 2 fully saturated rings. The fourth-order valence-electron chi connectivity index (χ4n) is 3.14. The molecule has 1 saturated carbocycles. The van der Waals surface area contributed by atoms with Crippen molar-refractivity contribution in [1.82, 2.24) is 10.2 Å². The van der Waals surface area contributed by atoms with Gasteiger partial charge in [0.15, 0.2) is 0 Å². The van der Waals surface area contributed by atoms with Gasteiger partial charge in [0.05, 0.1) is 0 Å². The summed E-state index contributed by atoms with van der Waals surface area (Å²) in [5.41, 5.74) is 0. The van der Waals surface area contributed by atoms with Crippen LogP contribution in [0.15, 0.2) is 0 Å². The minimum atomic E-state index is 0.760. The van der Waals surface area contributed by atoms with Crippen LogP contribution < -0.4 is 5.32 Å². The zero-order valence-corrected chi connectivity index (χ0v) is 9.47. The number of rotatable bonds is 2. The molecule has 1 aliphatic carbocycles. The van der Waals surface area contributed by atoms with Gasteiger partial charge in [0, 0.05) is 12.1 Å². The number of nitrogens with one attached hydrogen (secondary N) is 1. The predicted molar refractivity (Wildman–Crippen MR) is 60.5 cm³/mol.